The van der Waals surface area contributed by atoms with Gasteiger partial charge >= 0.3 is 0 Å². The molecule has 10 aromatic rings. The highest BCUT2D eigenvalue weighted by atomic mass is 14.4. The van der Waals surface area contributed by atoms with E-state index in [0.29, 0.717) is 0 Å². The lowest BCUT2D eigenvalue weighted by molar-refractivity contribution is 0.661. The number of aryl methyl sites for hydroxylation is 4. The molecule has 0 saturated heterocycles. The lowest BCUT2D eigenvalue weighted by Gasteiger charge is -2.23. The number of hydrogen-bond acceptors (Lipinski definition) is 0. The second-order valence-electron chi connectivity index (χ2n) is 19.1. The van der Waals surface area contributed by atoms with E-state index in [1.165, 1.54) is 155 Å². The van der Waals surface area contributed by atoms with Crippen molar-refractivity contribution in [2.24, 2.45) is 0 Å². The molecule has 0 spiro atoms. The third kappa shape index (κ3) is 5.10. The second-order valence-corrected chi connectivity index (χ2v) is 19.1. The Morgan fingerprint density at radius 1 is 0.254 bits per heavy atom. The Labute approximate surface area is 370 Å². The predicted octanol–water partition coefficient (Wildman–Crippen LogP) is 17.5. The van der Waals surface area contributed by atoms with Crippen molar-refractivity contribution in [1.82, 2.24) is 0 Å². The summed E-state index contributed by atoms with van der Waals surface area (Å²) in [6.07, 6.45) is 0. The smallest absolute Gasteiger partial charge is 0.0159 e. The van der Waals surface area contributed by atoms with Gasteiger partial charge in [0.1, 0.15) is 0 Å². The lowest BCUT2D eigenvalue weighted by Crippen LogP contribution is -2.15. The highest BCUT2D eigenvalue weighted by Gasteiger charge is 2.40. The minimum Gasteiger partial charge on any atom is -0.0620 e. The molecule has 0 radical (unpaired) electrons. The van der Waals surface area contributed by atoms with Crippen molar-refractivity contribution in [2.45, 2.75) is 47.0 Å². The van der Waals surface area contributed by atoms with Crippen LogP contribution in [0.1, 0.15) is 47.2 Å². The van der Waals surface area contributed by atoms with Gasteiger partial charge in [0.05, 0.1) is 0 Å². The first kappa shape index (κ1) is 36.4. The van der Waals surface area contributed by atoms with Crippen LogP contribution in [0.2, 0.25) is 0 Å². The molecule has 0 N–H and O–H groups in total. The molecule has 0 heterocycles. The van der Waals surface area contributed by atoms with E-state index in [4.69, 9.17) is 0 Å². The Hall–Kier alpha value is -7.28. The van der Waals surface area contributed by atoms with Crippen LogP contribution in [0.25, 0.3) is 122 Å². The van der Waals surface area contributed by atoms with Crippen molar-refractivity contribution in [1.29, 1.82) is 0 Å². The molecule has 0 saturated carbocycles. The van der Waals surface area contributed by atoms with E-state index in [1.54, 1.807) is 0 Å². The van der Waals surface area contributed by atoms with E-state index in [0.717, 1.165) is 0 Å². The Bertz CT molecular complexity index is 3430. The van der Waals surface area contributed by atoms with Crippen molar-refractivity contribution in [3.63, 3.8) is 0 Å². The van der Waals surface area contributed by atoms with Crippen molar-refractivity contribution >= 4 is 21.5 Å². The zero-order valence-electron chi connectivity index (χ0n) is 36.7. The monoisotopic (exact) mass is 802 g/mol. The average Bonchev–Trinajstić information content (AvgIpc) is 3.85. The molecule has 3 aliphatic carbocycles. The fraction of sp³-hybridized carbons (Fsp3) is 0.111. The third-order valence-corrected chi connectivity index (χ3v) is 15.0. The van der Waals surface area contributed by atoms with Crippen molar-refractivity contribution in [2.75, 3.05) is 0 Å². The third-order valence-electron chi connectivity index (χ3n) is 15.0. The van der Waals surface area contributed by atoms with Crippen LogP contribution in [0.5, 0.6) is 0 Å². The molecule has 13 rings (SSSR count). The first-order chi connectivity index (χ1) is 30.6. The molecular formula is C63H46. The van der Waals surface area contributed by atoms with Crippen LogP contribution in [0.3, 0.4) is 0 Å². The summed E-state index contributed by atoms with van der Waals surface area (Å²) in [6, 6.07) is 65.2. The minimum atomic E-state index is -0.198. The van der Waals surface area contributed by atoms with Gasteiger partial charge in [-0.1, -0.05) is 111 Å². The van der Waals surface area contributed by atoms with E-state index >= 15 is 0 Å². The quantitative estimate of drug-likeness (QED) is 0.166. The van der Waals surface area contributed by atoms with E-state index in [1.807, 2.05) is 0 Å². The number of rotatable bonds is 4. The lowest BCUT2D eigenvalue weighted by atomic mass is 9.80. The van der Waals surface area contributed by atoms with Crippen LogP contribution in [-0.2, 0) is 5.41 Å². The SMILES string of the molecule is Cc1ccccc1-c1cc2c3c(cc(-c4ccccc4C)cc3c1)-c1cc3c(cc1-2)-c1cc2c(cc1C3(C)C)-c1cc(-c3ccccc3C)cc3cc(-c4ccccc4C)cc-2c13. The summed E-state index contributed by atoms with van der Waals surface area (Å²) in [5.74, 6) is 0. The molecule has 0 heteroatoms. The summed E-state index contributed by atoms with van der Waals surface area (Å²) in [5.41, 5.74) is 31.5. The molecule has 0 fully saturated rings. The highest BCUT2D eigenvalue weighted by molar-refractivity contribution is 6.21. The van der Waals surface area contributed by atoms with Crippen molar-refractivity contribution in [3.05, 3.63) is 203 Å². The van der Waals surface area contributed by atoms with Crippen LogP contribution >= 0.6 is 0 Å². The van der Waals surface area contributed by atoms with Crippen LogP contribution in [0.4, 0.5) is 0 Å². The zero-order chi connectivity index (χ0) is 42.5. The van der Waals surface area contributed by atoms with E-state index in [2.05, 4.69) is 211 Å². The van der Waals surface area contributed by atoms with Crippen LogP contribution < -0.4 is 0 Å². The van der Waals surface area contributed by atoms with Gasteiger partial charge in [-0.15, -0.1) is 0 Å². The van der Waals surface area contributed by atoms with E-state index < -0.39 is 0 Å². The van der Waals surface area contributed by atoms with Gasteiger partial charge in [-0.05, 0) is 256 Å². The number of hydrogen-bond donors (Lipinski definition) is 0. The fourth-order valence-electron chi connectivity index (χ4n) is 11.8. The molecule has 3 aliphatic rings. The Kier molecular flexibility index (Phi) is 7.44. The van der Waals surface area contributed by atoms with Gasteiger partial charge in [-0.3, -0.25) is 0 Å². The molecule has 0 nitrogen and oxygen atoms in total. The molecule has 0 atom stereocenters. The first-order valence-corrected chi connectivity index (χ1v) is 22.5. The molecule has 0 bridgehead atoms. The number of benzene rings is 10. The Morgan fingerprint density at radius 2 is 0.524 bits per heavy atom. The maximum absolute atomic E-state index is 2.57. The molecular weight excluding hydrogens is 757 g/mol. The van der Waals surface area contributed by atoms with Crippen molar-refractivity contribution < 1.29 is 0 Å². The molecule has 0 amide bonds. The number of fused-ring (bicyclic) bond motifs is 9. The van der Waals surface area contributed by atoms with Crippen LogP contribution in [-0.4, -0.2) is 0 Å². The summed E-state index contributed by atoms with van der Waals surface area (Å²) >= 11 is 0. The van der Waals surface area contributed by atoms with Gasteiger partial charge in [-0.2, -0.15) is 0 Å². The van der Waals surface area contributed by atoms with Gasteiger partial charge in [0, 0.05) is 5.41 Å². The fourth-order valence-corrected chi connectivity index (χ4v) is 11.8. The van der Waals surface area contributed by atoms with Gasteiger partial charge in [0.2, 0.25) is 0 Å². The van der Waals surface area contributed by atoms with E-state index in [9.17, 15) is 0 Å². The topological polar surface area (TPSA) is 0 Å². The Morgan fingerprint density at radius 3 is 0.810 bits per heavy atom. The first-order valence-electron chi connectivity index (χ1n) is 22.5. The minimum absolute atomic E-state index is 0.198. The largest absolute Gasteiger partial charge is 0.0620 e. The normalized spacial score (nSPS) is 13.4. The second kappa shape index (κ2) is 12.9. The summed E-state index contributed by atoms with van der Waals surface area (Å²) in [7, 11) is 0. The summed E-state index contributed by atoms with van der Waals surface area (Å²) in [6.45, 7) is 13.8. The van der Waals surface area contributed by atoms with Gasteiger partial charge in [0.25, 0.3) is 0 Å². The maximum Gasteiger partial charge on any atom is 0.0159 e. The van der Waals surface area contributed by atoms with Gasteiger partial charge in [0.15, 0.2) is 0 Å². The predicted molar refractivity (Wildman–Crippen MR) is 269 cm³/mol. The van der Waals surface area contributed by atoms with Gasteiger partial charge in [-0.25, -0.2) is 0 Å². The standard InChI is InChI=1S/C63H46/c1-35-15-7-11-19-45(35)39-23-43-25-41(47-21-13-9-17-37(47)3)29-57-51-33-59-53(31-49(51)55(27-39)61(43)57)54-32-50-52(34-60(54)63(59,5)6)58-30-42(48-22-14-10-18-38(48)4)26-44-24-40(28-56(50)62(44)58)46-20-12-8-16-36(46)2/h7-34H,1-6H3. The molecule has 0 aromatic heterocycles. The summed E-state index contributed by atoms with van der Waals surface area (Å²) < 4.78 is 0. The summed E-state index contributed by atoms with van der Waals surface area (Å²) in [4.78, 5) is 0. The Balaban J connectivity index is 1.06. The van der Waals surface area contributed by atoms with Crippen molar-refractivity contribution in [3.8, 4) is 100 Å². The average molecular weight is 803 g/mol. The molecule has 10 aromatic carbocycles. The zero-order valence-corrected chi connectivity index (χ0v) is 36.7. The molecule has 0 unspecified atom stereocenters. The van der Waals surface area contributed by atoms with E-state index in [-0.39, 0.29) is 5.41 Å². The van der Waals surface area contributed by atoms with Crippen LogP contribution in [0.15, 0.2) is 170 Å². The molecule has 298 valence electrons. The van der Waals surface area contributed by atoms with Crippen LogP contribution in [0, 0.1) is 27.7 Å². The summed E-state index contributed by atoms with van der Waals surface area (Å²) in [5, 5.41) is 5.34. The molecule has 63 heavy (non-hydrogen) atoms. The molecule has 0 aliphatic heterocycles. The highest BCUT2D eigenvalue weighted by Crippen LogP contribution is 2.60. The maximum atomic E-state index is 2.57. The van der Waals surface area contributed by atoms with Gasteiger partial charge < -0.3 is 0 Å².